The first-order valence-corrected chi connectivity index (χ1v) is 6.66. The second-order valence-corrected chi connectivity index (χ2v) is 4.97. The van der Waals surface area contributed by atoms with Crippen molar-refractivity contribution in [2.24, 2.45) is 0 Å². The summed E-state index contributed by atoms with van der Waals surface area (Å²) in [4.78, 5) is 0. The SMILES string of the molecule is C=CCC1c2ccccc2CCc2ccccc21. The maximum Gasteiger partial charge on any atom is 0.0129 e. The van der Waals surface area contributed by atoms with E-state index in [1.54, 1.807) is 0 Å². The Morgan fingerprint density at radius 1 is 0.889 bits per heavy atom. The van der Waals surface area contributed by atoms with Crippen molar-refractivity contribution in [1.29, 1.82) is 0 Å². The fraction of sp³-hybridized carbons (Fsp3) is 0.222. The smallest absolute Gasteiger partial charge is 0.0129 e. The van der Waals surface area contributed by atoms with Gasteiger partial charge in [-0.1, -0.05) is 54.6 Å². The van der Waals surface area contributed by atoms with Crippen LogP contribution in [0.4, 0.5) is 0 Å². The van der Waals surface area contributed by atoms with Crippen molar-refractivity contribution in [2.75, 3.05) is 0 Å². The summed E-state index contributed by atoms with van der Waals surface area (Å²) in [6.07, 6.45) is 5.37. The van der Waals surface area contributed by atoms with Crippen LogP contribution < -0.4 is 0 Å². The normalized spacial score (nSPS) is 14.4. The van der Waals surface area contributed by atoms with Crippen molar-refractivity contribution in [3.8, 4) is 0 Å². The summed E-state index contributed by atoms with van der Waals surface area (Å²) >= 11 is 0. The standard InChI is InChI=1S/C18H18/c1-2-7-18-16-10-5-3-8-14(16)12-13-15-9-4-6-11-17(15)18/h2-6,8-11,18H,1,7,12-13H2. The Bertz CT molecular complexity index is 518. The molecule has 18 heavy (non-hydrogen) atoms. The maximum absolute atomic E-state index is 3.93. The molecular weight excluding hydrogens is 216 g/mol. The average molecular weight is 234 g/mol. The first-order valence-electron chi connectivity index (χ1n) is 6.66. The van der Waals surface area contributed by atoms with Crippen LogP contribution in [0.15, 0.2) is 61.2 Å². The molecule has 0 saturated carbocycles. The van der Waals surface area contributed by atoms with Gasteiger partial charge >= 0.3 is 0 Å². The van der Waals surface area contributed by atoms with E-state index in [-0.39, 0.29) is 0 Å². The van der Waals surface area contributed by atoms with E-state index in [9.17, 15) is 0 Å². The number of hydrogen-bond donors (Lipinski definition) is 0. The fourth-order valence-electron chi connectivity index (χ4n) is 3.06. The van der Waals surface area contributed by atoms with Gasteiger partial charge in [0.2, 0.25) is 0 Å². The summed E-state index contributed by atoms with van der Waals surface area (Å²) in [5, 5.41) is 0. The van der Waals surface area contributed by atoms with E-state index < -0.39 is 0 Å². The predicted octanol–water partition coefficient (Wildman–Crippen LogP) is 4.49. The summed E-state index contributed by atoms with van der Waals surface area (Å²) in [6.45, 7) is 3.93. The quantitative estimate of drug-likeness (QED) is 0.671. The van der Waals surface area contributed by atoms with Crippen LogP contribution in [0, 0.1) is 0 Å². The summed E-state index contributed by atoms with van der Waals surface area (Å²) in [6, 6.07) is 17.7. The molecule has 0 radical (unpaired) electrons. The molecule has 2 aromatic rings. The Hall–Kier alpha value is -1.82. The number of hydrogen-bond acceptors (Lipinski definition) is 0. The van der Waals surface area contributed by atoms with Crippen LogP contribution in [0.3, 0.4) is 0 Å². The van der Waals surface area contributed by atoms with Gasteiger partial charge in [0.05, 0.1) is 0 Å². The van der Waals surface area contributed by atoms with Gasteiger partial charge in [0.1, 0.15) is 0 Å². The van der Waals surface area contributed by atoms with Gasteiger partial charge in [0.25, 0.3) is 0 Å². The highest BCUT2D eigenvalue weighted by molar-refractivity contribution is 5.45. The number of fused-ring (bicyclic) bond motifs is 2. The van der Waals surface area contributed by atoms with Gasteiger partial charge in [-0.2, -0.15) is 0 Å². The van der Waals surface area contributed by atoms with E-state index in [2.05, 4.69) is 55.1 Å². The Morgan fingerprint density at radius 2 is 1.39 bits per heavy atom. The highest BCUT2D eigenvalue weighted by Crippen LogP contribution is 2.36. The zero-order chi connectivity index (χ0) is 12.4. The molecule has 0 nitrogen and oxygen atoms in total. The highest BCUT2D eigenvalue weighted by Gasteiger charge is 2.21. The van der Waals surface area contributed by atoms with Crippen molar-refractivity contribution in [1.82, 2.24) is 0 Å². The molecular formula is C18H18. The maximum atomic E-state index is 3.93. The number of allylic oxidation sites excluding steroid dienone is 1. The monoisotopic (exact) mass is 234 g/mol. The van der Waals surface area contributed by atoms with Crippen LogP contribution in [-0.2, 0) is 12.8 Å². The predicted molar refractivity (Wildman–Crippen MR) is 76.9 cm³/mol. The van der Waals surface area contributed by atoms with E-state index in [1.165, 1.54) is 22.3 Å². The summed E-state index contributed by atoms with van der Waals surface area (Å²) in [7, 11) is 0. The molecule has 0 N–H and O–H groups in total. The lowest BCUT2D eigenvalue weighted by Crippen LogP contribution is -2.02. The lowest BCUT2D eigenvalue weighted by molar-refractivity contribution is 0.824. The second-order valence-electron chi connectivity index (χ2n) is 4.97. The molecule has 2 aromatic carbocycles. The Kier molecular flexibility index (Phi) is 3.02. The minimum absolute atomic E-state index is 0.484. The van der Waals surface area contributed by atoms with Gasteiger partial charge < -0.3 is 0 Å². The van der Waals surface area contributed by atoms with E-state index in [0.29, 0.717) is 5.92 Å². The molecule has 0 heteroatoms. The molecule has 0 aromatic heterocycles. The van der Waals surface area contributed by atoms with Crippen LogP contribution >= 0.6 is 0 Å². The third-order valence-corrected chi connectivity index (χ3v) is 3.93. The molecule has 1 aliphatic rings. The molecule has 0 atom stereocenters. The molecule has 0 fully saturated rings. The second kappa shape index (κ2) is 4.81. The highest BCUT2D eigenvalue weighted by atomic mass is 14.3. The Labute approximate surface area is 109 Å². The van der Waals surface area contributed by atoms with Crippen LogP contribution in [0.2, 0.25) is 0 Å². The Balaban J connectivity index is 2.17. The van der Waals surface area contributed by atoms with E-state index in [4.69, 9.17) is 0 Å². The van der Waals surface area contributed by atoms with Gasteiger partial charge in [-0.05, 0) is 41.5 Å². The molecule has 0 bridgehead atoms. The molecule has 0 aliphatic heterocycles. The fourth-order valence-corrected chi connectivity index (χ4v) is 3.06. The Morgan fingerprint density at radius 3 is 1.89 bits per heavy atom. The average Bonchev–Trinajstić information content (AvgIpc) is 2.58. The molecule has 1 aliphatic carbocycles. The molecule has 0 spiro atoms. The van der Waals surface area contributed by atoms with Gasteiger partial charge in [-0.3, -0.25) is 0 Å². The summed E-state index contributed by atoms with van der Waals surface area (Å²) < 4.78 is 0. The van der Waals surface area contributed by atoms with Crippen molar-refractivity contribution in [3.05, 3.63) is 83.4 Å². The van der Waals surface area contributed by atoms with Crippen LogP contribution in [0.25, 0.3) is 0 Å². The first kappa shape index (κ1) is 11.3. The van der Waals surface area contributed by atoms with Crippen LogP contribution in [0.1, 0.15) is 34.6 Å². The van der Waals surface area contributed by atoms with Crippen molar-refractivity contribution in [2.45, 2.75) is 25.2 Å². The molecule has 90 valence electrons. The lowest BCUT2D eigenvalue weighted by Gasteiger charge is -2.18. The lowest BCUT2D eigenvalue weighted by atomic mass is 9.86. The molecule has 0 unspecified atom stereocenters. The minimum Gasteiger partial charge on any atom is -0.103 e. The van der Waals surface area contributed by atoms with Gasteiger partial charge in [-0.15, -0.1) is 6.58 Å². The van der Waals surface area contributed by atoms with Crippen molar-refractivity contribution < 1.29 is 0 Å². The van der Waals surface area contributed by atoms with Crippen molar-refractivity contribution >= 4 is 0 Å². The third kappa shape index (κ3) is 1.88. The van der Waals surface area contributed by atoms with E-state index in [0.717, 1.165) is 19.3 Å². The minimum atomic E-state index is 0.484. The number of aryl methyl sites for hydroxylation is 2. The van der Waals surface area contributed by atoms with Gasteiger partial charge in [-0.25, -0.2) is 0 Å². The molecule has 0 amide bonds. The largest absolute Gasteiger partial charge is 0.103 e. The topological polar surface area (TPSA) is 0 Å². The van der Waals surface area contributed by atoms with Crippen LogP contribution in [0.5, 0.6) is 0 Å². The number of rotatable bonds is 2. The van der Waals surface area contributed by atoms with Crippen molar-refractivity contribution in [3.63, 3.8) is 0 Å². The van der Waals surface area contributed by atoms with Crippen LogP contribution in [-0.4, -0.2) is 0 Å². The summed E-state index contributed by atoms with van der Waals surface area (Å²) in [5.41, 5.74) is 5.98. The van der Waals surface area contributed by atoms with Gasteiger partial charge in [0, 0.05) is 5.92 Å². The van der Waals surface area contributed by atoms with E-state index in [1.807, 2.05) is 6.08 Å². The first-order chi connectivity index (χ1) is 8.90. The zero-order valence-corrected chi connectivity index (χ0v) is 10.6. The number of benzene rings is 2. The molecule has 0 heterocycles. The van der Waals surface area contributed by atoms with E-state index >= 15 is 0 Å². The third-order valence-electron chi connectivity index (χ3n) is 3.93. The van der Waals surface area contributed by atoms with Gasteiger partial charge in [0.15, 0.2) is 0 Å². The molecule has 0 saturated heterocycles. The zero-order valence-electron chi connectivity index (χ0n) is 10.6. The summed E-state index contributed by atoms with van der Waals surface area (Å²) in [5.74, 6) is 0.484. The molecule has 3 rings (SSSR count).